The number of fused-ring (bicyclic) bond motifs is 2. The van der Waals surface area contributed by atoms with Gasteiger partial charge in [-0.2, -0.15) is 19.9 Å². The minimum atomic E-state index is 0.338. The predicted molar refractivity (Wildman–Crippen MR) is 203 cm³/mol. The van der Waals surface area contributed by atoms with Crippen molar-refractivity contribution in [3.05, 3.63) is 70.5 Å². The fourth-order valence-electron chi connectivity index (χ4n) is 7.64. The molecule has 0 amide bonds. The summed E-state index contributed by atoms with van der Waals surface area (Å²) >= 11 is 0. The van der Waals surface area contributed by atoms with E-state index in [4.69, 9.17) is 9.97 Å². The lowest BCUT2D eigenvalue weighted by molar-refractivity contribution is 0.208. The Labute approximate surface area is 294 Å². The summed E-state index contributed by atoms with van der Waals surface area (Å²) < 4.78 is 0. The second-order valence-corrected chi connectivity index (χ2v) is 14.2. The van der Waals surface area contributed by atoms with Gasteiger partial charge in [-0.1, -0.05) is 30.3 Å². The van der Waals surface area contributed by atoms with Crippen molar-refractivity contribution in [2.24, 2.45) is 5.41 Å². The molecule has 3 fully saturated rings. The van der Waals surface area contributed by atoms with Gasteiger partial charge in [0.1, 0.15) is 11.6 Å². The summed E-state index contributed by atoms with van der Waals surface area (Å²) in [6.45, 7) is 13.4. The summed E-state index contributed by atoms with van der Waals surface area (Å²) in [6.07, 6.45) is 4.89. The zero-order valence-corrected chi connectivity index (χ0v) is 30.2. The molecule has 6 heterocycles. The molecule has 262 valence electrons. The lowest BCUT2D eigenvalue weighted by Gasteiger charge is -2.33. The van der Waals surface area contributed by atoms with E-state index in [-0.39, 0.29) is 0 Å². The van der Waals surface area contributed by atoms with Crippen LogP contribution in [0.3, 0.4) is 0 Å². The molecule has 4 aromatic heterocycles. The lowest BCUT2D eigenvalue weighted by Crippen LogP contribution is -2.41. The van der Waals surface area contributed by atoms with Crippen molar-refractivity contribution in [1.82, 2.24) is 40.1 Å². The molecule has 1 aromatic carbocycles. The van der Waals surface area contributed by atoms with Crippen molar-refractivity contribution in [3.63, 3.8) is 0 Å². The molecule has 1 saturated carbocycles. The first-order chi connectivity index (χ1) is 24.2. The molecule has 3 aliphatic rings. The van der Waals surface area contributed by atoms with E-state index < -0.39 is 0 Å². The Morgan fingerprint density at radius 2 is 1.38 bits per heavy atom. The number of nitrogens with one attached hydrogen (secondary N) is 5. The van der Waals surface area contributed by atoms with Crippen molar-refractivity contribution in [1.29, 1.82) is 0 Å². The Balaban J connectivity index is 0.000000161. The number of benzene rings is 1. The summed E-state index contributed by atoms with van der Waals surface area (Å²) in [7, 11) is 3.79. The van der Waals surface area contributed by atoms with Crippen LogP contribution in [0.1, 0.15) is 53.8 Å². The largest absolute Gasteiger partial charge is 0.372 e. The van der Waals surface area contributed by atoms with Gasteiger partial charge in [-0.15, -0.1) is 0 Å². The fraction of sp³-hybridized carbons (Fsp3) is 0.474. The maximum atomic E-state index is 4.72. The van der Waals surface area contributed by atoms with E-state index in [1.807, 2.05) is 27.9 Å². The highest BCUT2D eigenvalue weighted by Gasteiger charge is 2.52. The number of rotatable bonds is 8. The SMILES string of the molecule is CNc1nc(NC2CCCN(Cc3ccccc3)C2)nc2nc(C)cc(C)c12.CNc1nc(NC2CNCC23CC3)nc2nc(C)cc(C)c12. The quantitative estimate of drug-likeness (QED) is 0.140. The lowest BCUT2D eigenvalue weighted by atomic mass is 10.0. The van der Waals surface area contributed by atoms with Gasteiger partial charge < -0.3 is 26.6 Å². The van der Waals surface area contributed by atoms with Gasteiger partial charge in [-0.05, 0) is 88.7 Å². The second kappa shape index (κ2) is 14.3. The number of pyridine rings is 2. The number of anilines is 4. The average molecular weight is 675 g/mol. The van der Waals surface area contributed by atoms with Crippen LogP contribution in [0.15, 0.2) is 42.5 Å². The second-order valence-electron chi connectivity index (χ2n) is 14.2. The number of aromatic nitrogens is 6. The highest BCUT2D eigenvalue weighted by Crippen LogP contribution is 2.51. The summed E-state index contributed by atoms with van der Waals surface area (Å²) in [4.78, 5) is 30.5. The first kappa shape index (κ1) is 33.8. The van der Waals surface area contributed by atoms with Gasteiger partial charge in [0.15, 0.2) is 11.3 Å². The Morgan fingerprint density at radius 3 is 1.96 bits per heavy atom. The van der Waals surface area contributed by atoms with Crippen LogP contribution in [0, 0.1) is 33.1 Å². The van der Waals surface area contributed by atoms with Gasteiger partial charge in [0.2, 0.25) is 11.9 Å². The molecule has 1 spiro atoms. The summed E-state index contributed by atoms with van der Waals surface area (Å²) in [5.41, 5.74) is 7.55. The first-order valence-corrected chi connectivity index (χ1v) is 17.9. The molecule has 1 aliphatic carbocycles. The Bertz CT molecular complexity index is 1980. The first-order valence-electron chi connectivity index (χ1n) is 17.9. The van der Waals surface area contributed by atoms with Gasteiger partial charge in [-0.3, -0.25) is 4.90 Å². The molecule has 2 saturated heterocycles. The van der Waals surface area contributed by atoms with Gasteiger partial charge in [0, 0.05) is 69.2 Å². The molecule has 0 radical (unpaired) electrons. The van der Waals surface area contributed by atoms with Gasteiger partial charge in [-0.25, -0.2) is 9.97 Å². The number of nitrogens with zero attached hydrogens (tertiary/aromatic N) is 7. The Kier molecular flexibility index (Phi) is 9.65. The average Bonchev–Trinajstić information content (AvgIpc) is 3.78. The van der Waals surface area contributed by atoms with Gasteiger partial charge in [0.25, 0.3) is 0 Å². The van der Waals surface area contributed by atoms with E-state index in [9.17, 15) is 0 Å². The normalized spacial score (nSPS) is 19.6. The highest BCUT2D eigenvalue weighted by molar-refractivity contribution is 5.91. The van der Waals surface area contributed by atoms with Crippen molar-refractivity contribution in [2.75, 3.05) is 61.5 Å². The number of likely N-dealkylation sites (tertiary alicyclic amines) is 1. The van der Waals surface area contributed by atoms with E-state index >= 15 is 0 Å². The van der Waals surface area contributed by atoms with E-state index in [1.54, 1.807) is 0 Å². The van der Waals surface area contributed by atoms with Crippen LogP contribution in [0.4, 0.5) is 23.5 Å². The summed E-state index contributed by atoms with van der Waals surface area (Å²) in [5.74, 6) is 3.00. The predicted octanol–water partition coefficient (Wildman–Crippen LogP) is 5.61. The Hall–Kier alpha value is -4.68. The topological polar surface area (TPSA) is 141 Å². The number of hydrogen-bond acceptors (Lipinski definition) is 12. The molecule has 0 bridgehead atoms. The highest BCUT2D eigenvalue weighted by atomic mass is 15.2. The smallest absolute Gasteiger partial charge is 0.227 e. The molecule has 8 rings (SSSR count). The number of aryl methyl sites for hydroxylation is 4. The molecular weight excluding hydrogens is 625 g/mol. The van der Waals surface area contributed by atoms with Crippen LogP contribution in [0.5, 0.6) is 0 Å². The molecular formula is C38H50N12. The van der Waals surface area contributed by atoms with E-state index in [0.29, 0.717) is 29.4 Å². The minimum Gasteiger partial charge on any atom is -0.372 e. The molecule has 12 heteroatoms. The van der Waals surface area contributed by atoms with Crippen LogP contribution < -0.4 is 26.6 Å². The summed E-state index contributed by atoms with van der Waals surface area (Å²) in [5, 5.41) is 19.0. The van der Waals surface area contributed by atoms with Crippen LogP contribution in [-0.4, -0.2) is 87.2 Å². The third-order valence-corrected chi connectivity index (χ3v) is 10.3. The monoisotopic (exact) mass is 674 g/mol. The molecule has 5 aromatic rings. The van der Waals surface area contributed by atoms with Gasteiger partial charge >= 0.3 is 0 Å². The van der Waals surface area contributed by atoms with E-state index in [0.717, 1.165) is 95.4 Å². The maximum absolute atomic E-state index is 4.72. The van der Waals surface area contributed by atoms with Crippen LogP contribution in [0.2, 0.25) is 0 Å². The van der Waals surface area contributed by atoms with Crippen molar-refractivity contribution in [3.8, 4) is 0 Å². The fourth-order valence-corrected chi connectivity index (χ4v) is 7.64. The Morgan fingerprint density at radius 1 is 0.780 bits per heavy atom. The van der Waals surface area contributed by atoms with Crippen LogP contribution in [0.25, 0.3) is 22.1 Å². The molecule has 2 atom stereocenters. The molecule has 5 N–H and O–H groups in total. The van der Waals surface area contributed by atoms with Crippen molar-refractivity contribution >= 4 is 45.6 Å². The third-order valence-electron chi connectivity index (χ3n) is 10.3. The third kappa shape index (κ3) is 7.27. The van der Waals surface area contributed by atoms with Crippen LogP contribution in [-0.2, 0) is 6.54 Å². The van der Waals surface area contributed by atoms with Crippen LogP contribution >= 0.6 is 0 Å². The maximum Gasteiger partial charge on any atom is 0.227 e. The zero-order valence-electron chi connectivity index (χ0n) is 30.2. The minimum absolute atomic E-state index is 0.338. The van der Waals surface area contributed by atoms with E-state index in [2.05, 4.69) is 108 Å². The molecule has 2 unspecified atom stereocenters. The molecule has 50 heavy (non-hydrogen) atoms. The molecule has 12 nitrogen and oxygen atoms in total. The van der Waals surface area contributed by atoms with Crippen molar-refractivity contribution < 1.29 is 0 Å². The van der Waals surface area contributed by atoms with E-state index in [1.165, 1.54) is 24.8 Å². The van der Waals surface area contributed by atoms with Gasteiger partial charge in [0.05, 0.1) is 10.8 Å². The standard InChI is InChI=1S/C22H28N6.C16H22N6/c1-15-12-16(2)24-21-19(15)20(23-3)26-22(27-21)25-18-10-7-11-28(14-18)13-17-8-5-4-6-9-17;1-9-6-10(2)19-14-12(9)13(17-3)21-15(22-14)20-11-7-18-8-16(11)4-5-16/h4-6,8-9,12,18H,7,10-11,13-14H2,1-3H3,(H2,23,24,25,26,27);6,11,18H,4-5,7-8H2,1-3H3,(H2,17,19,20,21,22). The number of hydrogen-bond donors (Lipinski definition) is 5. The van der Waals surface area contributed by atoms with Crippen molar-refractivity contribution in [2.45, 2.75) is 72.0 Å². The number of piperidine rings is 1. The summed E-state index contributed by atoms with van der Waals surface area (Å²) in [6, 6.07) is 15.6. The zero-order chi connectivity index (χ0) is 34.8. The molecule has 2 aliphatic heterocycles.